The summed E-state index contributed by atoms with van der Waals surface area (Å²) in [5.74, 6) is 0.766. The lowest BCUT2D eigenvalue weighted by Gasteiger charge is -2.02. The van der Waals surface area contributed by atoms with E-state index < -0.39 is 0 Å². The molecule has 0 radical (unpaired) electrons. The van der Waals surface area contributed by atoms with E-state index >= 15 is 0 Å². The molecule has 0 aliphatic carbocycles. The molecule has 0 atom stereocenters. The number of hydrogen-bond acceptors (Lipinski definition) is 5. The van der Waals surface area contributed by atoms with E-state index in [1.807, 2.05) is 34.7 Å². The molecule has 0 N–H and O–H groups in total. The van der Waals surface area contributed by atoms with Crippen molar-refractivity contribution in [2.75, 3.05) is 0 Å². The summed E-state index contributed by atoms with van der Waals surface area (Å²) in [6.07, 6.45) is 5.18. The van der Waals surface area contributed by atoms with Gasteiger partial charge in [-0.25, -0.2) is 0 Å². The minimum atomic E-state index is 0.766. The molecule has 0 fully saturated rings. The molecular weight excluding hydrogens is 272 g/mol. The van der Waals surface area contributed by atoms with Crippen LogP contribution in [0.5, 0.6) is 0 Å². The maximum absolute atomic E-state index is 5.42. The molecule has 0 aromatic carbocycles. The van der Waals surface area contributed by atoms with Crippen LogP contribution in [0, 0.1) is 0 Å². The molecule has 4 aromatic rings. The van der Waals surface area contributed by atoms with Crippen molar-refractivity contribution in [1.82, 2.24) is 19.6 Å². The summed E-state index contributed by atoms with van der Waals surface area (Å²) in [5, 5.41) is 9.16. The zero-order chi connectivity index (χ0) is 13.4. The van der Waals surface area contributed by atoms with Crippen molar-refractivity contribution in [2.24, 2.45) is 0 Å². The van der Waals surface area contributed by atoms with E-state index in [1.165, 1.54) is 0 Å². The predicted octanol–water partition coefficient (Wildman–Crippen LogP) is 3.16. The molecule has 0 aliphatic heterocycles. The lowest BCUT2D eigenvalue weighted by atomic mass is 10.4. The molecule has 4 heterocycles. The molecule has 0 amide bonds. The highest BCUT2D eigenvalue weighted by Crippen LogP contribution is 2.28. The van der Waals surface area contributed by atoms with Gasteiger partial charge in [-0.1, -0.05) is 17.8 Å². The first kappa shape index (κ1) is 11.5. The van der Waals surface area contributed by atoms with Crippen molar-refractivity contribution in [3.8, 4) is 0 Å². The normalized spacial score (nSPS) is 11.4. The summed E-state index contributed by atoms with van der Waals surface area (Å²) in [4.78, 5) is 4.31. The fourth-order valence-electron chi connectivity index (χ4n) is 2.14. The van der Waals surface area contributed by atoms with E-state index in [-0.39, 0.29) is 0 Å². The molecule has 0 saturated heterocycles. The zero-order valence-electron chi connectivity index (χ0n) is 10.4. The smallest absolute Gasteiger partial charge is 0.152 e. The van der Waals surface area contributed by atoms with Crippen LogP contribution in [-0.4, -0.2) is 19.6 Å². The number of aromatic nitrogens is 4. The van der Waals surface area contributed by atoms with E-state index in [0.29, 0.717) is 0 Å². The van der Waals surface area contributed by atoms with Gasteiger partial charge >= 0.3 is 0 Å². The van der Waals surface area contributed by atoms with Crippen LogP contribution in [0.3, 0.4) is 0 Å². The molecule has 4 rings (SSSR count). The third kappa shape index (κ3) is 1.85. The second-order valence-electron chi connectivity index (χ2n) is 4.32. The van der Waals surface area contributed by atoms with Gasteiger partial charge in [0.15, 0.2) is 5.58 Å². The van der Waals surface area contributed by atoms with Crippen LogP contribution in [0.15, 0.2) is 58.6 Å². The van der Waals surface area contributed by atoms with Crippen LogP contribution in [0.4, 0.5) is 0 Å². The summed E-state index contributed by atoms with van der Waals surface area (Å²) >= 11 is 1.62. The first-order valence-corrected chi connectivity index (χ1v) is 7.13. The van der Waals surface area contributed by atoms with Crippen molar-refractivity contribution in [1.29, 1.82) is 0 Å². The Morgan fingerprint density at radius 3 is 3.10 bits per heavy atom. The quantitative estimate of drug-likeness (QED) is 0.540. The van der Waals surface area contributed by atoms with Gasteiger partial charge in [-0.3, -0.25) is 9.38 Å². The van der Waals surface area contributed by atoms with Crippen molar-refractivity contribution in [2.45, 2.75) is 10.8 Å². The summed E-state index contributed by atoms with van der Waals surface area (Å²) in [6, 6.07) is 9.82. The molecule has 0 bridgehead atoms. The Kier molecular flexibility index (Phi) is 2.67. The van der Waals surface area contributed by atoms with Gasteiger partial charge in [0.25, 0.3) is 0 Å². The largest absolute Gasteiger partial charge is 0.463 e. The third-order valence-electron chi connectivity index (χ3n) is 3.08. The van der Waals surface area contributed by atoms with Gasteiger partial charge in [-0.2, -0.15) is 0 Å². The van der Waals surface area contributed by atoms with Crippen molar-refractivity contribution >= 4 is 28.4 Å². The molecule has 98 valence electrons. The molecule has 4 aromatic heterocycles. The van der Waals surface area contributed by atoms with E-state index in [4.69, 9.17) is 4.42 Å². The molecule has 0 aliphatic rings. The molecule has 6 heteroatoms. The Hall–Kier alpha value is -2.34. The van der Waals surface area contributed by atoms with Crippen molar-refractivity contribution in [3.63, 3.8) is 0 Å². The van der Waals surface area contributed by atoms with Gasteiger partial charge < -0.3 is 4.42 Å². The summed E-state index contributed by atoms with van der Waals surface area (Å²) in [7, 11) is 0. The average Bonchev–Trinajstić information content (AvgIpc) is 3.07. The van der Waals surface area contributed by atoms with Crippen LogP contribution in [-0.2, 0) is 5.75 Å². The van der Waals surface area contributed by atoms with E-state index in [9.17, 15) is 0 Å². The Bertz CT molecular complexity index is 869. The Balaban J connectivity index is 1.72. The van der Waals surface area contributed by atoms with Gasteiger partial charge in [-0.15, -0.1) is 10.2 Å². The molecule has 0 unspecified atom stereocenters. The van der Waals surface area contributed by atoms with Crippen LogP contribution in [0.25, 0.3) is 16.6 Å². The van der Waals surface area contributed by atoms with E-state index in [2.05, 4.69) is 15.2 Å². The fraction of sp³-hybridized carbons (Fsp3) is 0.0714. The first-order chi connectivity index (χ1) is 9.92. The molecule has 0 saturated carbocycles. The summed E-state index contributed by atoms with van der Waals surface area (Å²) in [6.45, 7) is 0. The maximum atomic E-state index is 5.42. The van der Waals surface area contributed by atoms with Gasteiger partial charge in [0.2, 0.25) is 0 Å². The molecular formula is C14H10N4OS. The summed E-state index contributed by atoms with van der Waals surface area (Å²) < 4.78 is 7.42. The highest BCUT2D eigenvalue weighted by molar-refractivity contribution is 7.98. The minimum Gasteiger partial charge on any atom is -0.463 e. The second kappa shape index (κ2) is 4.64. The van der Waals surface area contributed by atoms with Crippen molar-refractivity contribution in [3.05, 3.63) is 54.8 Å². The lowest BCUT2D eigenvalue weighted by molar-refractivity contribution is 0.616. The third-order valence-corrected chi connectivity index (χ3v) is 4.08. The monoisotopic (exact) mass is 282 g/mol. The Morgan fingerprint density at radius 2 is 2.20 bits per heavy atom. The molecule has 20 heavy (non-hydrogen) atoms. The fourth-order valence-corrected chi connectivity index (χ4v) is 3.01. The number of furan rings is 1. The van der Waals surface area contributed by atoms with E-state index in [1.54, 1.807) is 30.5 Å². The van der Waals surface area contributed by atoms with Gasteiger partial charge in [0, 0.05) is 24.1 Å². The standard InChI is InChI=1S/C14H10N4OS/c1-2-5-15-10(3-1)8-20-14-12-7-13-11(4-6-19-13)18(12)9-16-17-14/h1-7,9H,8H2. The number of fused-ring (bicyclic) bond motifs is 3. The number of thioether (sulfide) groups is 1. The SMILES string of the molecule is c1ccc(CSc2nncn3c2cc2occc23)nc1. The highest BCUT2D eigenvalue weighted by atomic mass is 32.2. The van der Waals surface area contributed by atoms with Crippen LogP contribution in [0.2, 0.25) is 0 Å². The molecule has 0 spiro atoms. The van der Waals surface area contributed by atoms with Gasteiger partial charge in [-0.05, 0) is 12.1 Å². The lowest BCUT2D eigenvalue weighted by Crippen LogP contribution is -1.94. The van der Waals surface area contributed by atoms with Gasteiger partial charge in [0.05, 0.1) is 23.0 Å². The predicted molar refractivity (Wildman–Crippen MR) is 76.6 cm³/mol. The number of pyridine rings is 1. The van der Waals surface area contributed by atoms with Crippen LogP contribution < -0.4 is 0 Å². The van der Waals surface area contributed by atoms with E-state index in [0.717, 1.165) is 33.1 Å². The highest BCUT2D eigenvalue weighted by Gasteiger charge is 2.11. The van der Waals surface area contributed by atoms with Crippen molar-refractivity contribution < 1.29 is 4.42 Å². The summed E-state index contributed by atoms with van der Waals surface area (Å²) in [5.41, 5.74) is 3.89. The Labute approximate surface area is 118 Å². The first-order valence-electron chi connectivity index (χ1n) is 6.14. The Morgan fingerprint density at radius 1 is 1.20 bits per heavy atom. The number of nitrogens with zero attached hydrogens (tertiary/aromatic N) is 4. The maximum Gasteiger partial charge on any atom is 0.152 e. The number of rotatable bonds is 3. The minimum absolute atomic E-state index is 0.766. The van der Waals surface area contributed by atoms with Crippen LogP contribution >= 0.6 is 11.8 Å². The topological polar surface area (TPSA) is 56.2 Å². The average molecular weight is 282 g/mol. The zero-order valence-corrected chi connectivity index (χ0v) is 11.2. The second-order valence-corrected chi connectivity index (χ2v) is 5.28. The van der Waals surface area contributed by atoms with Crippen LogP contribution in [0.1, 0.15) is 5.69 Å². The molecule has 5 nitrogen and oxygen atoms in total. The van der Waals surface area contributed by atoms with Gasteiger partial charge in [0.1, 0.15) is 11.4 Å². The number of hydrogen-bond donors (Lipinski definition) is 0.